The Balaban J connectivity index is 0.00000187. The Morgan fingerprint density at radius 3 is 2.36 bits per heavy atom. The van der Waals surface area contributed by atoms with Gasteiger partial charge in [-0.15, -0.1) is 0 Å². The first-order valence-electron chi connectivity index (χ1n) is 26.1. The fraction of sp³-hybridized carbons (Fsp3) is 0.547. The largest absolute Gasteiger partial charge is 0.483 e. The molecule has 0 radical (unpaired) electrons. The number of pyridine rings is 1. The first-order valence-corrected chi connectivity index (χ1v) is 26.9. The van der Waals surface area contributed by atoms with E-state index in [-0.39, 0.29) is 47.3 Å². The number of urea groups is 1. The molecule has 7 aliphatic rings. The Hall–Kier alpha value is -6.09. The first-order chi connectivity index (χ1) is 35.4. The van der Waals surface area contributed by atoms with Gasteiger partial charge in [-0.3, -0.25) is 29.6 Å². The monoisotopic (exact) mass is 1020 g/mol. The molecule has 2 bridgehead atoms. The van der Waals surface area contributed by atoms with Crippen LogP contribution in [0, 0.1) is 29.5 Å². The molecule has 5 aromatic rings. The molecule has 20 heteroatoms. The number of nitrogen functional groups attached to an aromatic ring is 1. The molecular formula is C53H65FN12O6S. The van der Waals surface area contributed by atoms with E-state index < -0.39 is 11.8 Å². The third-order valence-corrected chi connectivity index (χ3v) is 17.8. The van der Waals surface area contributed by atoms with Crippen LogP contribution < -0.4 is 30.9 Å². The summed E-state index contributed by atoms with van der Waals surface area (Å²) in [5, 5.41) is 14.0. The van der Waals surface area contributed by atoms with Gasteiger partial charge in [0.25, 0.3) is 12.4 Å². The van der Waals surface area contributed by atoms with Gasteiger partial charge in [0, 0.05) is 119 Å². The number of carbonyl (C=O) groups excluding carboxylic acids is 3. The number of nitrogens with two attached hydrogens (primary N) is 1. The zero-order valence-electron chi connectivity index (χ0n) is 41.5. The molecule has 386 valence electrons. The average molecular weight is 1020 g/mol. The minimum absolute atomic E-state index is 0.0142. The molecule has 2 saturated carbocycles. The summed E-state index contributed by atoms with van der Waals surface area (Å²) in [5.41, 5.74) is 10.2. The van der Waals surface area contributed by atoms with Gasteiger partial charge in [-0.05, 0) is 106 Å². The van der Waals surface area contributed by atoms with Gasteiger partial charge in [-0.1, -0.05) is 29.5 Å². The smallest absolute Gasteiger partial charge is 0.328 e. The number of rotatable bonds is 11. The fourth-order valence-electron chi connectivity index (χ4n) is 12.5. The van der Waals surface area contributed by atoms with Crippen LogP contribution in [-0.4, -0.2) is 155 Å². The predicted molar refractivity (Wildman–Crippen MR) is 277 cm³/mol. The summed E-state index contributed by atoms with van der Waals surface area (Å²) in [6.45, 7) is 11.9. The number of imide groups is 1. The molecule has 2 aromatic carbocycles. The lowest BCUT2D eigenvalue weighted by Gasteiger charge is -2.47. The lowest BCUT2D eigenvalue weighted by Crippen LogP contribution is -2.51. The molecule has 7 fully saturated rings. The van der Waals surface area contributed by atoms with Crippen LogP contribution in [0.15, 0.2) is 42.6 Å². The Morgan fingerprint density at radius 2 is 1.64 bits per heavy atom. The summed E-state index contributed by atoms with van der Waals surface area (Å²) in [5.74, 6) is 0.619. The molecule has 2 unspecified atom stereocenters. The number of fused-ring (bicyclic) bond motifs is 4. The van der Waals surface area contributed by atoms with Gasteiger partial charge in [0.05, 0.1) is 22.2 Å². The molecule has 1 spiro atoms. The number of nitrogens with one attached hydrogen (secondary N) is 2. The van der Waals surface area contributed by atoms with Gasteiger partial charge in [0.15, 0.2) is 10.9 Å². The minimum Gasteiger partial charge on any atom is -0.483 e. The second kappa shape index (κ2) is 20.3. The molecule has 8 heterocycles. The van der Waals surface area contributed by atoms with E-state index in [0.29, 0.717) is 75.2 Å². The maximum Gasteiger partial charge on any atom is 0.328 e. The molecule has 18 nitrogen and oxygen atoms in total. The summed E-state index contributed by atoms with van der Waals surface area (Å²) in [6, 6.07) is 11.7. The summed E-state index contributed by atoms with van der Waals surface area (Å²) in [6.07, 6.45) is 13.4. The normalized spacial score (nSPS) is 23.1. The van der Waals surface area contributed by atoms with E-state index in [2.05, 4.69) is 35.3 Å². The quantitative estimate of drug-likeness (QED) is 0.107. The highest BCUT2D eigenvalue weighted by Gasteiger charge is 2.46. The van der Waals surface area contributed by atoms with Gasteiger partial charge in [-0.25, -0.2) is 14.2 Å². The lowest BCUT2D eigenvalue weighted by atomic mass is 9.65. The third kappa shape index (κ3) is 10.3. The number of hydrogen-bond donors (Lipinski definition) is 4. The summed E-state index contributed by atoms with van der Waals surface area (Å²) in [7, 11) is 0. The molecule has 2 atom stereocenters. The molecule has 2 aliphatic carbocycles. The number of benzene rings is 2. The number of likely N-dealkylation sites (tertiary alicyclic amines) is 1. The van der Waals surface area contributed by atoms with E-state index in [0.717, 1.165) is 114 Å². The zero-order chi connectivity index (χ0) is 50.4. The standard InChI is InChI=1S/C52H63FN12O4S.CH2O2/c1-32-5-6-34(25-39(32)65-18-11-41(66)57-50(65)68)47(67)63-19-16-51(17-20-63)12-9-33(10-13-51)27-61-21-23-62(24-22-61)30-52(14-15-52)31-69-49-59-45-38(46(60-49)64-28-35-7-8-36(29-64)56-35)26-55-44(42(45)53)37-3-2-4-40-43(37)58-48(54)70-40;2-1-3/h2-6,25-26,33,35-36,56H,7-24,27-31H2,1H3,(H2,54,58)(H,57,66,68);1H,(H,2,3). The fourth-order valence-corrected chi connectivity index (χ4v) is 13.3. The summed E-state index contributed by atoms with van der Waals surface area (Å²) < 4.78 is 24.3. The Labute approximate surface area is 427 Å². The van der Waals surface area contributed by atoms with Crippen molar-refractivity contribution in [2.24, 2.45) is 16.7 Å². The van der Waals surface area contributed by atoms with Crippen LogP contribution in [0.4, 0.5) is 25.8 Å². The number of aryl methyl sites for hydroxylation is 1. The number of carbonyl (C=O) groups is 4. The van der Waals surface area contributed by atoms with Gasteiger partial charge in [-0.2, -0.15) is 9.97 Å². The number of piperazine rings is 2. The van der Waals surface area contributed by atoms with Crippen molar-refractivity contribution >= 4 is 73.4 Å². The van der Waals surface area contributed by atoms with Crippen molar-refractivity contribution in [3.63, 3.8) is 0 Å². The number of amides is 4. The first kappa shape index (κ1) is 49.1. The van der Waals surface area contributed by atoms with Crippen LogP contribution in [0.5, 0.6) is 6.01 Å². The highest BCUT2D eigenvalue weighted by molar-refractivity contribution is 7.22. The van der Waals surface area contributed by atoms with Crippen LogP contribution in [0.3, 0.4) is 0 Å². The molecule has 12 rings (SSSR count). The topological polar surface area (TPSA) is 216 Å². The van der Waals surface area contributed by atoms with E-state index in [9.17, 15) is 14.4 Å². The number of anilines is 3. The lowest BCUT2D eigenvalue weighted by molar-refractivity contribution is -0.123. The van der Waals surface area contributed by atoms with Crippen molar-refractivity contribution < 1.29 is 33.4 Å². The van der Waals surface area contributed by atoms with Crippen LogP contribution in [0.1, 0.15) is 86.6 Å². The second-order valence-electron chi connectivity index (χ2n) is 21.7. The molecule has 5 saturated heterocycles. The Kier molecular flexibility index (Phi) is 13.7. The number of ether oxygens (including phenoxy) is 1. The number of carboxylic acid groups (broad SMARTS) is 1. The Morgan fingerprint density at radius 1 is 0.918 bits per heavy atom. The van der Waals surface area contributed by atoms with Crippen molar-refractivity contribution in [1.29, 1.82) is 0 Å². The maximum atomic E-state index is 16.9. The van der Waals surface area contributed by atoms with Gasteiger partial charge < -0.3 is 40.5 Å². The van der Waals surface area contributed by atoms with Gasteiger partial charge >= 0.3 is 12.0 Å². The predicted octanol–water partition coefficient (Wildman–Crippen LogP) is 6.31. The van der Waals surface area contributed by atoms with Crippen molar-refractivity contribution in [2.45, 2.75) is 89.6 Å². The van der Waals surface area contributed by atoms with Gasteiger partial charge in [0.2, 0.25) is 5.91 Å². The average Bonchev–Trinajstić information content (AvgIpc) is 3.91. The molecule has 3 aromatic heterocycles. The molecule has 5 aliphatic heterocycles. The second-order valence-corrected chi connectivity index (χ2v) is 22.8. The summed E-state index contributed by atoms with van der Waals surface area (Å²) in [4.78, 5) is 76.5. The number of thiazole rings is 1. The van der Waals surface area contributed by atoms with Crippen LogP contribution in [0.2, 0.25) is 0 Å². The van der Waals surface area contributed by atoms with Crippen molar-refractivity contribution in [1.82, 2.24) is 45.3 Å². The Bertz CT molecular complexity index is 2900. The van der Waals surface area contributed by atoms with Crippen molar-refractivity contribution in [2.75, 3.05) is 94.1 Å². The molecular weight excluding hydrogens is 952 g/mol. The van der Waals surface area contributed by atoms with Crippen molar-refractivity contribution in [3.8, 4) is 17.3 Å². The highest BCUT2D eigenvalue weighted by Crippen LogP contribution is 2.48. The summed E-state index contributed by atoms with van der Waals surface area (Å²) >= 11 is 1.37. The number of nitrogens with zero attached hydrogens (tertiary/aromatic N) is 9. The van der Waals surface area contributed by atoms with Crippen LogP contribution in [0.25, 0.3) is 32.4 Å². The number of para-hydroxylation sites is 1. The van der Waals surface area contributed by atoms with Crippen LogP contribution in [-0.2, 0) is 9.59 Å². The highest BCUT2D eigenvalue weighted by atomic mass is 32.1. The van der Waals surface area contributed by atoms with E-state index in [1.165, 1.54) is 37.0 Å². The third-order valence-electron chi connectivity index (χ3n) is 16.9. The number of aromatic nitrogens is 4. The molecule has 73 heavy (non-hydrogen) atoms. The number of hydrogen-bond acceptors (Lipinski definition) is 15. The number of halogens is 1. The van der Waals surface area contributed by atoms with Gasteiger partial charge in [0.1, 0.15) is 17.0 Å². The number of piperidine rings is 1. The van der Waals surface area contributed by atoms with Crippen LogP contribution >= 0.6 is 11.3 Å². The van der Waals surface area contributed by atoms with E-state index in [4.69, 9.17) is 30.3 Å². The molecule has 5 N–H and O–H groups in total. The SMILES string of the molecule is Cc1ccc(C(=O)N2CCC3(CCC(CN4CCN(CC5(COc6nc(N7CC8CCC(C7)N8)c7cnc(-c8cccc9sc(N)nc89)c(F)c7n6)CC5)CC4)CC3)CC2)cc1N1CCC(=O)NC1=O.O=CO. The van der Waals surface area contributed by atoms with E-state index in [1.54, 1.807) is 11.1 Å². The van der Waals surface area contributed by atoms with E-state index in [1.807, 2.05) is 48.2 Å². The maximum absolute atomic E-state index is 16.9. The van der Waals surface area contributed by atoms with Crippen molar-refractivity contribution in [3.05, 3.63) is 59.5 Å². The zero-order valence-corrected chi connectivity index (χ0v) is 42.3. The minimum atomic E-state index is -0.507. The van der Waals surface area contributed by atoms with E-state index >= 15 is 4.39 Å². The molecule has 4 amide bonds.